The van der Waals surface area contributed by atoms with E-state index in [2.05, 4.69) is 28.9 Å². The van der Waals surface area contributed by atoms with E-state index in [1.807, 2.05) is 72.6 Å². The molecule has 2 heterocycles. The summed E-state index contributed by atoms with van der Waals surface area (Å²) in [6.07, 6.45) is 3.45. The topological polar surface area (TPSA) is 45.7 Å². The van der Waals surface area contributed by atoms with E-state index in [1.54, 1.807) is 6.20 Å². The van der Waals surface area contributed by atoms with Crippen LogP contribution in [0.2, 0.25) is 0 Å². The van der Waals surface area contributed by atoms with Crippen LogP contribution in [0.4, 0.5) is 0 Å². The van der Waals surface area contributed by atoms with Crippen LogP contribution in [0.3, 0.4) is 0 Å². The van der Waals surface area contributed by atoms with Gasteiger partial charge in [-0.25, -0.2) is 0 Å². The zero-order valence-corrected chi connectivity index (χ0v) is 18.9. The van der Waals surface area contributed by atoms with Gasteiger partial charge >= 0.3 is 0 Å². The highest BCUT2D eigenvalue weighted by atomic mass is 16.5. The number of nitrogens with zero attached hydrogens (tertiary/aromatic N) is 3. The van der Waals surface area contributed by atoms with E-state index in [0.717, 1.165) is 49.7 Å². The summed E-state index contributed by atoms with van der Waals surface area (Å²) in [6.45, 7) is 5.28. The molecule has 1 aromatic heterocycles. The number of rotatable bonds is 8. The Bertz CT molecular complexity index is 1030. The Morgan fingerprint density at radius 1 is 1.06 bits per heavy atom. The van der Waals surface area contributed by atoms with Gasteiger partial charge in [0.25, 0.3) is 0 Å². The van der Waals surface area contributed by atoms with Crippen molar-refractivity contribution in [3.05, 3.63) is 90.3 Å². The van der Waals surface area contributed by atoms with E-state index in [1.165, 1.54) is 5.56 Å². The predicted molar refractivity (Wildman–Crippen MR) is 127 cm³/mol. The lowest BCUT2D eigenvalue weighted by Crippen LogP contribution is -2.42. The van der Waals surface area contributed by atoms with E-state index < -0.39 is 0 Å². The summed E-state index contributed by atoms with van der Waals surface area (Å²) in [5.41, 5.74) is 1.86. The van der Waals surface area contributed by atoms with Crippen LogP contribution in [-0.4, -0.2) is 47.4 Å². The zero-order valence-electron chi connectivity index (χ0n) is 18.9. The van der Waals surface area contributed by atoms with Crippen molar-refractivity contribution in [3.8, 4) is 11.5 Å². The summed E-state index contributed by atoms with van der Waals surface area (Å²) in [5.74, 6) is 1.89. The molecule has 5 heteroatoms. The molecule has 1 atom stereocenters. The minimum Gasteiger partial charge on any atom is -0.457 e. The van der Waals surface area contributed by atoms with Crippen LogP contribution in [0.5, 0.6) is 11.5 Å². The molecule has 166 valence electrons. The van der Waals surface area contributed by atoms with Gasteiger partial charge in [0.2, 0.25) is 5.91 Å². The van der Waals surface area contributed by atoms with Crippen molar-refractivity contribution in [1.82, 2.24) is 14.8 Å². The van der Waals surface area contributed by atoms with Gasteiger partial charge in [-0.15, -0.1) is 0 Å². The van der Waals surface area contributed by atoms with Crippen LogP contribution in [0, 0.1) is 5.41 Å². The van der Waals surface area contributed by atoms with Crippen molar-refractivity contribution in [1.29, 1.82) is 0 Å². The highest BCUT2D eigenvalue weighted by Gasteiger charge is 2.41. The highest BCUT2D eigenvalue weighted by molar-refractivity contribution is 5.82. The lowest BCUT2D eigenvalue weighted by Gasteiger charge is -2.29. The Labute approximate surface area is 190 Å². The normalized spacial score (nSPS) is 18.4. The Morgan fingerprint density at radius 3 is 2.62 bits per heavy atom. The molecule has 0 radical (unpaired) electrons. The predicted octanol–water partition coefficient (Wildman–Crippen LogP) is 4.79. The second-order valence-corrected chi connectivity index (χ2v) is 8.88. The van der Waals surface area contributed by atoms with Crippen molar-refractivity contribution in [3.63, 3.8) is 0 Å². The highest BCUT2D eigenvalue weighted by Crippen LogP contribution is 2.33. The molecule has 1 saturated heterocycles. The smallest absolute Gasteiger partial charge is 0.229 e. The maximum Gasteiger partial charge on any atom is 0.229 e. The number of amides is 1. The van der Waals surface area contributed by atoms with E-state index >= 15 is 0 Å². The first-order valence-corrected chi connectivity index (χ1v) is 11.2. The lowest BCUT2D eigenvalue weighted by atomic mass is 9.88. The second kappa shape index (κ2) is 9.96. The first-order valence-electron chi connectivity index (χ1n) is 11.2. The van der Waals surface area contributed by atoms with E-state index in [0.29, 0.717) is 6.54 Å². The average molecular weight is 430 g/mol. The first kappa shape index (κ1) is 22.0. The molecule has 5 nitrogen and oxygen atoms in total. The molecule has 32 heavy (non-hydrogen) atoms. The van der Waals surface area contributed by atoms with Crippen LogP contribution in [0.15, 0.2) is 79.0 Å². The molecule has 0 N–H and O–H groups in total. The van der Waals surface area contributed by atoms with Crippen molar-refractivity contribution in [2.45, 2.75) is 26.3 Å². The van der Waals surface area contributed by atoms with E-state index in [4.69, 9.17) is 4.74 Å². The van der Waals surface area contributed by atoms with Gasteiger partial charge in [0.15, 0.2) is 0 Å². The number of hydrogen-bond donors (Lipinski definition) is 0. The minimum absolute atomic E-state index is 0.220. The molecular weight excluding hydrogens is 398 g/mol. The fourth-order valence-corrected chi connectivity index (χ4v) is 4.35. The average Bonchev–Trinajstić information content (AvgIpc) is 3.20. The van der Waals surface area contributed by atoms with Crippen molar-refractivity contribution >= 4 is 5.91 Å². The quantitative estimate of drug-likeness (QED) is 0.517. The molecule has 2 aromatic carbocycles. The van der Waals surface area contributed by atoms with Crippen molar-refractivity contribution in [2.24, 2.45) is 5.41 Å². The standard InChI is InChI=1S/C27H31N3O2/c1-27(26(31)29(2)17-14-23-10-6-7-16-28-23)15-18-30(21-27)20-22-9-8-13-25(19-22)32-24-11-4-3-5-12-24/h3-13,16,19H,14-15,17-18,20-21H2,1-2H3. The summed E-state index contributed by atoms with van der Waals surface area (Å²) in [5, 5.41) is 0. The Kier molecular flexibility index (Phi) is 6.86. The second-order valence-electron chi connectivity index (χ2n) is 8.88. The van der Waals surface area contributed by atoms with Crippen LogP contribution >= 0.6 is 0 Å². The number of ether oxygens (including phenoxy) is 1. The van der Waals surface area contributed by atoms with E-state index in [-0.39, 0.29) is 11.3 Å². The van der Waals surface area contributed by atoms with Crippen LogP contribution < -0.4 is 4.74 Å². The fourth-order valence-electron chi connectivity index (χ4n) is 4.35. The van der Waals surface area contributed by atoms with Gasteiger partial charge in [-0.1, -0.05) is 36.4 Å². The lowest BCUT2D eigenvalue weighted by molar-refractivity contribution is -0.139. The van der Waals surface area contributed by atoms with Crippen LogP contribution in [0.25, 0.3) is 0 Å². The van der Waals surface area contributed by atoms with Gasteiger partial charge < -0.3 is 9.64 Å². The molecule has 1 amide bonds. The Hall–Kier alpha value is -3.18. The number of likely N-dealkylation sites (N-methyl/N-ethyl adjacent to an activating group) is 1. The van der Waals surface area contributed by atoms with E-state index in [9.17, 15) is 4.79 Å². The third kappa shape index (κ3) is 5.54. The SMILES string of the molecule is CN(CCc1ccccn1)C(=O)C1(C)CCN(Cc2cccc(Oc3ccccc3)c2)C1. The van der Waals surface area contributed by atoms with Crippen LogP contribution in [0.1, 0.15) is 24.6 Å². The van der Waals surface area contributed by atoms with Gasteiger partial charge in [0.1, 0.15) is 11.5 Å². The molecule has 4 rings (SSSR count). The summed E-state index contributed by atoms with van der Waals surface area (Å²) in [7, 11) is 1.91. The monoisotopic (exact) mass is 429 g/mol. The number of carbonyl (C=O) groups is 1. The third-order valence-electron chi connectivity index (χ3n) is 6.13. The molecule has 0 saturated carbocycles. The Balaban J connectivity index is 1.32. The summed E-state index contributed by atoms with van der Waals surface area (Å²) < 4.78 is 5.97. The summed E-state index contributed by atoms with van der Waals surface area (Å²) in [6, 6.07) is 23.9. The molecule has 0 spiro atoms. The molecule has 1 unspecified atom stereocenters. The molecule has 3 aromatic rings. The first-order chi connectivity index (χ1) is 15.5. The number of carbonyl (C=O) groups excluding carboxylic acids is 1. The number of hydrogen-bond acceptors (Lipinski definition) is 4. The van der Waals surface area contributed by atoms with Crippen molar-refractivity contribution in [2.75, 3.05) is 26.7 Å². The zero-order chi connectivity index (χ0) is 22.4. The van der Waals surface area contributed by atoms with Crippen molar-refractivity contribution < 1.29 is 9.53 Å². The third-order valence-corrected chi connectivity index (χ3v) is 6.13. The van der Waals surface area contributed by atoms with Gasteiger partial charge in [-0.2, -0.15) is 0 Å². The maximum atomic E-state index is 13.2. The largest absolute Gasteiger partial charge is 0.457 e. The number of para-hydroxylation sites is 1. The molecule has 1 fully saturated rings. The molecule has 0 aliphatic carbocycles. The number of pyridine rings is 1. The Morgan fingerprint density at radius 2 is 1.84 bits per heavy atom. The molecule has 0 bridgehead atoms. The van der Waals surface area contributed by atoms with Gasteiger partial charge in [-0.05, 0) is 61.9 Å². The number of benzene rings is 2. The molecule has 1 aliphatic heterocycles. The number of aromatic nitrogens is 1. The molecule has 1 aliphatic rings. The number of likely N-dealkylation sites (tertiary alicyclic amines) is 1. The fraction of sp³-hybridized carbons (Fsp3) is 0.333. The van der Waals surface area contributed by atoms with Gasteiger partial charge in [0, 0.05) is 45.0 Å². The summed E-state index contributed by atoms with van der Waals surface area (Å²) in [4.78, 5) is 21.8. The minimum atomic E-state index is -0.350. The van der Waals surface area contributed by atoms with Crippen LogP contribution in [-0.2, 0) is 17.8 Å². The van der Waals surface area contributed by atoms with Gasteiger partial charge in [-0.3, -0.25) is 14.7 Å². The summed E-state index contributed by atoms with van der Waals surface area (Å²) >= 11 is 0. The maximum absolute atomic E-state index is 13.2. The molecular formula is C27H31N3O2. The van der Waals surface area contributed by atoms with Gasteiger partial charge in [0.05, 0.1) is 5.41 Å².